The van der Waals surface area contributed by atoms with Crippen LogP contribution in [0.5, 0.6) is 5.88 Å². The molecular weight excluding hydrogens is 206 g/mol. The standard InChI is InChI=1S/C12H15NO3/c14-12(15)9-5-1-2-6-10(9)16-11-7-3-4-8-13-11/h3-4,7-10H,1-2,5-6H2,(H,14,15). The van der Waals surface area contributed by atoms with Gasteiger partial charge in [-0.3, -0.25) is 4.79 Å². The Morgan fingerprint density at radius 2 is 2.19 bits per heavy atom. The summed E-state index contributed by atoms with van der Waals surface area (Å²) < 4.78 is 5.64. The zero-order chi connectivity index (χ0) is 11.4. The smallest absolute Gasteiger partial charge is 0.310 e. The molecular formula is C12H15NO3. The Morgan fingerprint density at radius 1 is 1.38 bits per heavy atom. The molecule has 0 amide bonds. The molecule has 0 aliphatic heterocycles. The van der Waals surface area contributed by atoms with Gasteiger partial charge < -0.3 is 9.84 Å². The number of ether oxygens (including phenoxy) is 1. The predicted octanol–water partition coefficient (Wildman–Crippen LogP) is 2.10. The average molecular weight is 221 g/mol. The highest BCUT2D eigenvalue weighted by molar-refractivity contribution is 5.70. The van der Waals surface area contributed by atoms with Gasteiger partial charge in [0.15, 0.2) is 0 Å². The summed E-state index contributed by atoms with van der Waals surface area (Å²) in [5, 5.41) is 9.09. The minimum Gasteiger partial charge on any atom is -0.481 e. The van der Waals surface area contributed by atoms with Crippen molar-refractivity contribution in [3.05, 3.63) is 24.4 Å². The lowest BCUT2D eigenvalue weighted by Crippen LogP contribution is -2.35. The lowest BCUT2D eigenvalue weighted by atomic mass is 9.86. The normalized spacial score (nSPS) is 25.0. The molecule has 0 saturated heterocycles. The molecule has 1 fully saturated rings. The van der Waals surface area contributed by atoms with Crippen LogP contribution in [-0.4, -0.2) is 22.2 Å². The van der Waals surface area contributed by atoms with Crippen LogP contribution in [0.15, 0.2) is 24.4 Å². The summed E-state index contributed by atoms with van der Waals surface area (Å²) in [4.78, 5) is 15.1. The Morgan fingerprint density at radius 3 is 2.88 bits per heavy atom. The first kappa shape index (κ1) is 10.9. The number of hydrogen-bond acceptors (Lipinski definition) is 3. The quantitative estimate of drug-likeness (QED) is 0.849. The van der Waals surface area contributed by atoms with Gasteiger partial charge in [0.1, 0.15) is 6.10 Å². The van der Waals surface area contributed by atoms with E-state index in [4.69, 9.17) is 9.84 Å². The third kappa shape index (κ3) is 2.51. The monoisotopic (exact) mass is 221 g/mol. The Hall–Kier alpha value is -1.58. The fourth-order valence-corrected chi connectivity index (χ4v) is 2.09. The summed E-state index contributed by atoms with van der Waals surface area (Å²) in [5.74, 6) is -0.642. The molecule has 86 valence electrons. The first-order valence-corrected chi connectivity index (χ1v) is 5.58. The number of aliphatic carboxylic acids is 1. The molecule has 0 spiro atoms. The van der Waals surface area contributed by atoms with E-state index in [0.717, 1.165) is 19.3 Å². The van der Waals surface area contributed by atoms with Crippen LogP contribution in [0.25, 0.3) is 0 Å². The van der Waals surface area contributed by atoms with Gasteiger partial charge in [0.2, 0.25) is 5.88 Å². The van der Waals surface area contributed by atoms with E-state index in [2.05, 4.69) is 4.98 Å². The van der Waals surface area contributed by atoms with Crippen molar-refractivity contribution in [3.63, 3.8) is 0 Å². The number of pyridine rings is 1. The molecule has 1 saturated carbocycles. The molecule has 1 aliphatic carbocycles. The van der Waals surface area contributed by atoms with Crippen molar-refractivity contribution < 1.29 is 14.6 Å². The number of nitrogens with zero attached hydrogens (tertiary/aromatic N) is 1. The van der Waals surface area contributed by atoms with Gasteiger partial charge in [0, 0.05) is 12.3 Å². The third-order valence-electron chi connectivity index (χ3n) is 2.93. The molecule has 4 heteroatoms. The number of carbonyl (C=O) groups is 1. The van der Waals surface area contributed by atoms with Crippen LogP contribution >= 0.6 is 0 Å². The first-order chi connectivity index (χ1) is 7.77. The second kappa shape index (κ2) is 4.96. The largest absolute Gasteiger partial charge is 0.481 e. The zero-order valence-corrected chi connectivity index (χ0v) is 9.00. The van der Waals surface area contributed by atoms with E-state index in [9.17, 15) is 4.79 Å². The lowest BCUT2D eigenvalue weighted by molar-refractivity contribution is -0.146. The van der Waals surface area contributed by atoms with Gasteiger partial charge >= 0.3 is 5.97 Å². The van der Waals surface area contributed by atoms with Crippen LogP contribution in [0.2, 0.25) is 0 Å². The molecule has 2 rings (SSSR count). The van der Waals surface area contributed by atoms with E-state index in [1.165, 1.54) is 0 Å². The van der Waals surface area contributed by atoms with Gasteiger partial charge in [0.25, 0.3) is 0 Å². The molecule has 0 radical (unpaired) electrons. The Bertz CT molecular complexity index is 353. The number of rotatable bonds is 3. The molecule has 2 atom stereocenters. The maximum absolute atomic E-state index is 11.1. The topological polar surface area (TPSA) is 59.4 Å². The molecule has 0 bridgehead atoms. The minimum atomic E-state index is -0.763. The molecule has 1 aliphatic rings. The summed E-state index contributed by atoms with van der Waals surface area (Å²) in [6.45, 7) is 0. The van der Waals surface area contributed by atoms with Gasteiger partial charge in [-0.05, 0) is 25.3 Å². The van der Waals surface area contributed by atoms with Crippen LogP contribution in [0.1, 0.15) is 25.7 Å². The zero-order valence-electron chi connectivity index (χ0n) is 9.00. The second-order valence-electron chi connectivity index (χ2n) is 4.05. The second-order valence-corrected chi connectivity index (χ2v) is 4.05. The fraction of sp³-hybridized carbons (Fsp3) is 0.500. The molecule has 1 aromatic heterocycles. The first-order valence-electron chi connectivity index (χ1n) is 5.58. The summed E-state index contributed by atoms with van der Waals surface area (Å²) in [5.41, 5.74) is 0. The van der Waals surface area contributed by atoms with Crippen molar-refractivity contribution in [3.8, 4) is 5.88 Å². The van der Waals surface area contributed by atoms with E-state index >= 15 is 0 Å². The van der Waals surface area contributed by atoms with E-state index < -0.39 is 11.9 Å². The molecule has 4 nitrogen and oxygen atoms in total. The van der Waals surface area contributed by atoms with Crippen molar-refractivity contribution in [1.29, 1.82) is 0 Å². The van der Waals surface area contributed by atoms with E-state index in [1.54, 1.807) is 12.3 Å². The molecule has 0 aromatic carbocycles. The van der Waals surface area contributed by atoms with E-state index in [1.807, 2.05) is 12.1 Å². The van der Waals surface area contributed by atoms with Gasteiger partial charge in [-0.2, -0.15) is 0 Å². The number of carboxylic acids is 1. The minimum absolute atomic E-state index is 0.235. The molecule has 1 N–H and O–H groups in total. The van der Waals surface area contributed by atoms with Gasteiger partial charge in [-0.15, -0.1) is 0 Å². The van der Waals surface area contributed by atoms with Crippen molar-refractivity contribution in [2.24, 2.45) is 5.92 Å². The van der Waals surface area contributed by atoms with Crippen LogP contribution < -0.4 is 4.74 Å². The molecule has 2 unspecified atom stereocenters. The number of hydrogen-bond donors (Lipinski definition) is 1. The summed E-state index contributed by atoms with van der Waals surface area (Å²) in [6, 6.07) is 5.40. The maximum Gasteiger partial charge on any atom is 0.310 e. The van der Waals surface area contributed by atoms with E-state index in [0.29, 0.717) is 12.3 Å². The highest BCUT2D eigenvalue weighted by Gasteiger charge is 2.32. The third-order valence-corrected chi connectivity index (χ3v) is 2.93. The molecule has 1 aromatic rings. The molecule has 1 heterocycles. The van der Waals surface area contributed by atoms with Crippen molar-refractivity contribution in [2.45, 2.75) is 31.8 Å². The van der Waals surface area contributed by atoms with Crippen LogP contribution in [0, 0.1) is 5.92 Å². The maximum atomic E-state index is 11.1. The van der Waals surface area contributed by atoms with Crippen LogP contribution in [0.3, 0.4) is 0 Å². The van der Waals surface area contributed by atoms with Gasteiger partial charge in [-0.1, -0.05) is 12.5 Å². The van der Waals surface area contributed by atoms with Gasteiger partial charge in [0.05, 0.1) is 5.92 Å². The summed E-state index contributed by atoms with van der Waals surface area (Å²) in [6.07, 6.45) is 4.91. The molecule has 16 heavy (non-hydrogen) atoms. The highest BCUT2D eigenvalue weighted by Crippen LogP contribution is 2.27. The van der Waals surface area contributed by atoms with Crippen molar-refractivity contribution >= 4 is 5.97 Å². The van der Waals surface area contributed by atoms with E-state index in [-0.39, 0.29) is 6.10 Å². The highest BCUT2D eigenvalue weighted by atomic mass is 16.5. The fourth-order valence-electron chi connectivity index (χ4n) is 2.09. The Labute approximate surface area is 94.3 Å². The van der Waals surface area contributed by atoms with Crippen molar-refractivity contribution in [2.75, 3.05) is 0 Å². The van der Waals surface area contributed by atoms with Gasteiger partial charge in [-0.25, -0.2) is 4.98 Å². The summed E-state index contributed by atoms with van der Waals surface area (Å²) in [7, 11) is 0. The lowest BCUT2D eigenvalue weighted by Gasteiger charge is -2.28. The summed E-state index contributed by atoms with van der Waals surface area (Å²) >= 11 is 0. The van der Waals surface area contributed by atoms with Crippen LogP contribution in [0.4, 0.5) is 0 Å². The Kier molecular flexibility index (Phi) is 3.39. The SMILES string of the molecule is O=C(O)C1CCCCC1Oc1ccccn1. The Balaban J connectivity index is 2.04. The van der Waals surface area contributed by atoms with Crippen molar-refractivity contribution in [1.82, 2.24) is 4.98 Å². The van der Waals surface area contributed by atoms with Crippen LogP contribution in [-0.2, 0) is 4.79 Å². The predicted molar refractivity (Wildman–Crippen MR) is 58.2 cm³/mol. The number of aromatic nitrogens is 1. The number of carboxylic acid groups (broad SMARTS) is 1. The average Bonchev–Trinajstić information content (AvgIpc) is 2.31.